The van der Waals surface area contributed by atoms with Crippen LogP contribution in [0.3, 0.4) is 0 Å². The van der Waals surface area contributed by atoms with Crippen LogP contribution in [-0.2, 0) is 0 Å². The SMILES string of the molecule is CNC(C#N)CCN(CC(F)(F)F)C1CC1. The average Bonchev–Trinajstić information content (AvgIpc) is 2.99. The van der Waals surface area contributed by atoms with E-state index < -0.39 is 12.7 Å². The van der Waals surface area contributed by atoms with Crippen LogP contribution >= 0.6 is 0 Å². The number of nitriles is 1. The van der Waals surface area contributed by atoms with Crippen LogP contribution in [0, 0.1) is 11.3 Å². The molecule has 0 radical (unpaired) electrons. The van der Waals surface area contributed by atoms with E-state index in [1.807, 2.05) is 6.07 Å². The molecular weight excluding hydrogens is 219 g/mol. The molecule has 1 fully saturated rings. The van der Waals surface area contributed by atoms with E-state index >= 15 is 0 Å². The summed E-state index contributed by atoms with van der Waals surface area (Å²) in [6.07, 6.45) is -2.04. The van der Waals surface area contributed by atoms with E-state index in [0.717, 1.165) is 12.8 Å². The first-order chi connectivity index (χ1) is 7.46. The molecule has 1 unspecified atom stereocenters. The molecule has 1 aliphatic carbocycles. The maximum atomic E-state index is 12.3. The topological polar surface area (TPSA) is 39.1 Å². The van der Waals surface area contributed by atoms with E-state index in [1.54, 1.807) is 7.05 Å². The lowest BCUT2D eigenvalue weighted by Crippen LogP contribution is -2.39. The first-order valence-corrected chi connectivity index (χ1v) is 5.34. The van der Waals surface area contributed by atoms with Gasteiger partial charge in [-0.1, -0.05) is 0 Å². The smallest absolute Gasteiger partial charge is 0.305 e. The van der Waals surface area contributed by atoms with E-state index in [4.69, 9.17) is 5.26 Å². The van der Waals surface area contributed by atoms with E-state index in [9.17, 15) is 13.2 Å². The third-order valence-corrected chi connectivity index (χ3v) is 2.65. The van der Waals surface area contributed by atoms with Gasteiger partial charge in [0.1, 0.15) is 0 Å². The van der Waals surface area contributed by atoms with Crippen molar-refractivity contribution in [3.63, 3.8) is 0 Å². The van der Waals surface area contributed by atoms with Gasteiger partial charge in [-0.3, -0.25) is 4.90 Å². The number of nitrogens with one attached hydrogen (secondary N) is 1. The number of halogens is 3. The highest BCUT2D eigenvalue weighted by atomic mass is 19.4. The third kappa shape index (κ3) is 4.81. The Kier molecular flexibility index (Phi) is 4.56. The summed E-state index contributed by atoms with van der Waals surface area (Å²) in [6, 6.07) is 1.71. The normalized spacial score (nSPS) is 18.5. The van der Waals surface area contributed by atoms with Gasteiger partial charge in [0.2, 0.25) is 0 Å². The predicted octanol–water partition coefficient (Wildman–Crippen LogP) is 1.51. The highest BCUT2D eigenvalue weighted by Gasteiger charge is 2.37. The lowest BCUT2D eigenvalue weighted by molar-refractivity contribution is -0.147. The lowest BCUT2D eigenvalue weighted by Gasteiger charge is -2.24. The number of hydrogen-bond donors (Lipinski definition) is 1. The monoisotopic (exact) mass is 235 g/mol. The van der Waals surface area contributed by atoms with Gasteiger partial charge in [-0.15, -0.1) is 0 Å². The minimum atomic E-state index is -4.15. The van der Waals surface area contributed by atoms with E-state index in [0.29, 0.717) is 13.0 Å². The summed E-state index contributed by atoms with van der Waals surface area (Å²) in [5.74, 6) is 0. The maximum absolute atomic E-state index is 12.3. The Labute approximate surface area is 93.2 Å². The Balaban J connectivity index is 2.37. The second kappa shape index (κ2) is 5.51. The molecule has 0 aromatic rings. The van der Waals surface area contributed by atoms with Crippen molar-refractivity contribution in [3.8, 4) is 6.07 Å². The molecule has 1 saturated carbocycles. The standard InChI is InChI=1S/C10H16F3N3/c1-15-8(6-14)4-5-16(9-2-3-9)7-10(11,12)13/h8-9,15H,2-5,7H2,1H3. The second-order valence-electron chi connectivity index (χ2n) is 4.08. The summed E-state index contributed by atoms with van der Waals surface area (Å²) in [6.45, 7) is -0.539. The van der Waals surface area contributed by atoms with Gasteiger partial charge in [-0.25, -0.2) is 0 Å². The zero-order chi connectivity index (χ0) is 12.2. The van der Waals surface area contributed by atoms with Crippen molar-refractivity contribution in [2.75, 3.05) is 20.1 Å². The van der Waals surface area contributed by atoms with Crippen molar-refractivity contribution < 1.29 is 13.2 Å². The van der Waals surface area contributed by atoms with Crippen LogP contribution in [0.25, 0.3) is 0 Å². The maximum Gasteiger partial charge on any atom is 0.401 e. The van der Waals surface area contributed by atoms with Crippen molar-refractivity contribution >= 4 is 0 Å². The minimum Gasteiger partial charge on any atom is -0.305 e. The van der Waals surface area contributed by atoms with Gasteiger partial charge >= 0.3 is 6.18 Å². The van der Waals surface area contributed by atoms with Crippen LogP contribution in [0.1, 0.15) is 19.3 Å². The first-order valence-electron chi connectivity index (χ1n) is 5.34. The Morgan fingerprint density at radius 1 is 1.50 bits per heavy atom. The molecule has 6 heteroatoms. The third-order valence-electron chi connectivity index (χ3n) is 2.65. The molecule has 92 valence electrons. The Morgan fingerprint density at radius 2 is 2.12 bits per heavy atom. The Morgan fingerprint density at radius 3 is 2.50 bits per heavy atom. The fourth-order valence-electron chi connectivity index (χ4n) is 1.63. The number of alkyl halides is 3. The van der Waals surface area contributed by atoms with Crippen LogP contribution in [0.5, 0.6) is 0 Å². The average molecular weight is 235 g/mol. The van der Waals surface area contributed by atoms with Gasteiger partial charge in [0.05, 0.1) is 18.7 Å². The summed E-state index contributed by atoms with van der Waals surface area (Å²) in [5.41, 5.74) is 0. The molecule has 0 amide bonds. The minimum absolute atomic E-state index is 0.0674. The Bertz CT molecular complexity index is 255. The highest BCUT2D eigenvalue weighted by Crippen LogP contribution is 2.30. The molecular formula is C10H16F3N3. The van der Waals surface area contributed by atoms with E-state index in [1.165, 1.54) is 4.90 Å². The van der Waals surface area contributed by atoms with Crippen LogP contribution in [0.2, 0.25) is 0 Å². The van der Waals surface area contributed by atoms with Crippen LogP contribution in [0.4, 0.5) is 13.2 Å². The molecule has 0 aliphatic heterocycles. The van der Waals surface area contributed by atoms with E-state index in [2.05, 4.69) is 5.32 Å². The molecule has 1 rings (SSSR count). The highest BCUT2D eigenvalue weighted by molar-refractivity contribution is 4.91. The summed E-state index contributed by atoms with van der Waals surface area (Å²) in [7, 11) is 1.64. The zero-order valence-electron chi connectivity index (χ0n) is 9.22. The number of rotatable bonds is 6. The van der Waals surface area contributed by atoms with Gasteiger partial charge < -0.3 is 5.32 Å². The molecule has 1 atom stereocenters. The second-order valence-corrected chi connectivity index (χ2v) is 4.08. The molecule has 16 heavy (non-hydrogen) atoms. The van der Waals surface area contributed by atoms with Gasteiger partial charge in [0, 0.05) is 12.6 Å². The zero-order valence-corrected chi connectivity index (χ0v) is 9.22. The van der Waals surface area contributed by atoms with Crippen molar-refractivity contribution in [3.05, 3.63) is 0 Å². The van der Waals surface area contributed by atoms with Crippen molar-refractivity contribution in [1.29, 1.82) is 5.26 Å². The number of hydrogen-bond acceptors (Lipinski definition) is 3. The fourth-order valence-corrected chi connectivity index (χ4v) is 1.63. The van der Waals surface area contributed by atoms with Crippen LogP contribution < -0.4 is 5.32 Å². The molecule has 0 saturated heterocycles. The molecule has 1 aliphatic rings. The van der Waals surface area contributed by atoms with Gasteiger partial charge in [-0.2, -0.15) is 18.4 Å². The van der Waals surface area contributed by atoms with Crippen molar-refractivity contribution in [2.45, 2.75) is 37.5 Å². The molecule has 0 aromatic heterocycles. The van der Waals surface area contributed by atoms with Gasteiger partial charge in [0.25, 0.3) is 0 Å². The summed E-state index contributed by atoms with van der Waals surface area (Å²) in [5, 5.41) is 11.4. The van der Waals surface area contributed by atoms with Crippen molar-refractivity contribution in [2.24, 2.45) is 0 Å². The van der Waals surface area contributed by atoms with Crippen molar-refractivity contribution in [1.82, 2.24) is 10.2 Å². The van der Waals surface area contributed by atoms with Gasteiger partial charge in [-0.05, 0) is 26.3 Å². The van der Waals surface area contributed by atoms with Crippen LogP contribution in [-0.4, -0.2) is 43.3 Å². The molecule has 3 nitrogen and oxygen atoms in total. The largest absolute Gasteiger partial charge is 0.401 e. The summed E-state index contributed by atoms with van der Waals surface area (Å²) in [4.78, 5) is 1.43. The quantitative estimate of drug-likeness (QED) is 0.758. The summed E-state index contributed by atoms with van der Waals surface area (Å²) < 4.78 is 36.8. The van der Waals surface area contributed by atoms with E-state index in [-0.39, 0.29) is 12.1 Å². The fraction of sp³-hybridized carbons (Fsp3) is 0.900. The molecule has 0 aromatic carbocycles. The number of nitrogens with zero attached hydrogens (tertiary/aromatic N) is 2. The molecule has 1 N–H and O–H groups in total. The lowest BCUT2D eigenvalue weighted by atomic mass is 10.2. The molecule has 0 spiro atoms. The first kappa shape index (κ1) is 13.3. The molecule has 0 heterocycles. The molecule has 0 bridgehead atoms. The summed E-state index contributed by atoms with van der Waals surface area (Å²) >= 11 is 0. The van der Waals surface area contributed by atoms with Gasteiger partial charge in [0.15, 0.2) is 0 Å². The Hall–Kier alpha value is -0.800. The van der Waals surface area contributed by atoms with Crippen LogP contribution in [0.15, 0.2) is 0 Å². The predicted molar refractivity (Wildman–Crippen MR) is 53.7 cm³/mol.